The fourth-order valence-corrected chi connectivity index (χ4v) is 10.4. The third kappa shape index (κ3) is 4.78. The van der Waals surface area contributed by atoms with Crippen LogP contribution >= 0.6 is 0 Å². The number of hydrogen-bond acceptors (Lipinski definition) is 5. The topological polar surface area (TPSA) is 54.0 Å². The van der Waals surface area contributed by atoms with Crippen LogP contribution in [-0.4, -0.2) is 31.6 Å². The van der Waals surface area contributed by atoms with Gasteiger partial charge in [0.05, 0.1) is 13.7 Å². The molecule has 0 N–H and O–H groups in total. The number of hydrogen-bond donors (Lipinski definition) is 0. The van der Waals surface area contributed by atoms with Gasteiger partial charge >= 0.3 is 5.97 Å². The highest BCUT2D eigenvalue weighted by Crippen LogP contribution is 2.69. The Balaban J connectivity index is 1.09. The number of fused-ring (bicyclic) bond motifs is 5. The predicted molar refractivity (Wildman–Crippen MR) is 156 cm³/mol. The molecule has 5 heteroatoms. The van der Waals surface area contributed by atoms with Crippen molar-refractivity contribution < 1.29 is 24.0 Å². The highest BCUT2D eigenvalue weighted by molar-refractivity contribution is 5.69. The summed E-state index contributed by atoms with van der Waals surface area (Å²) in [6, 6.07) is 10.2. The minimum Gasteiger partial charge on any atom is -0.469 e. The van der Waals surface area contributed by atoms with Crippen molar-refractivity contribution >= 4 is 11.5 Å². The minimum absolute atomic E-state index is 0.0652. The number of carbonyl (C=O) groups is 1. The molecule has 5 aliphatic rings. The summed E-state index contributed by atoms with van der Waals surface area (Å²) in [5.74, 6) is 3.68. The second-order valence-corrected chi connectivity index (χ2v) is 14.5. The summed E-state index contributed by atoms with van der Waals surface area (Å²) in [7, 11) is 1.50. The largest absolute Gasteiger partial charge is 0.469 e. The zero-order valence-electron chi connectivity index (χ0n) is 25.2. The summed E-state index contributed by atoms with van der Waals surface area (Å²) in [6.45, 7) is 12.4. The third-order valence-electron chi connectivity index (χ3n) is 12.8. The summed E-state index contributed by atoms with van der Waals surface area (Å²) < 4.78 is 11.5. The third-order valence-corrected chi connectivity index (χ3v) is 12.8. The van der Waals surface area contributed by atoms with Crippen LogP contribution in [0.5, 0.6) is 0 Å². The van der Waals surface area contributed by atoms with Gasteiger partial charge in [0.1, 0.15) is 6.10 Å². The van der Waals surface area contributed by atoms with Gasteiger partial charge < -0.3 is 9.47 Å². The van der Waals surface area contributed by atoms with E-state index in [9.17, 15) is 4.79 Å². The Morgan fingerprint density at radius 1 is 1.02 bits per heavy atom. The standard InChI is InChI=1S/C35H50O5/c1-23(11-16-32(36)37-5)28-14-15-29-27-13-12-26-21-35(20-19-33(26,3)30(27)17-18-34(28,29)4)38-22-31(39-40-35)24(2)25-9-7-6-8-10-25/h6-10,23,26-31H,2,11-22H2,1,3-5H3/t23-,26-,27+,28-,29+,30+,31?,33+,34-,35?/m1/s1. The number of methoxy groups -OCH3 is 1. The SMILES string of the molecule is C=C(c1ccccc1)C1COC2(CC[C@@]3(C)[C@H](CC[C@@H]4[C@@H]3CC[C@]3(C)[C@@H]([C@H](C)CCC(=O)OC)CC[C@@H]43)C2)OO1. The lowest BCUT2D eigenvalue weighted by molar-refractivity contribution is -0.489. The summed E-state index contributed by atoms with van der Waals surface area (Å²) in [4.78, 5) is 24.0. The molecule has 1 spiro atoms. The Labute approximate surface area is 241 Å². The smallest absolute Gasteiger partial charge is 0.305 e. The van der Waals surface area contributed by atoms with Crippen LogP contribution in [0.15, 0.2) is 36.9 Å². The second-order valence-electron chi connectivity index (χ2n) is 14.5. The molecule has 2 unspecified atom stereocenters. The van der Waals surface area contributed by atoms with E-state index in [2.05, 4.69) is 39.5 Å². The zero-order valence-corrected chi connectivity index (χ0v) is 25.2. The van der Waals surface area contributed by atoms with Crippen LogP contribution in [0.1, 0.15) is 97.0 Å². The second kappa shape index (κ2) is 10.9. The van der Waals surface area contributed by atoms with E-state index in [0.717, 1.165) is 60.5 Å². The van der Waals surface area contributed by atoms with Gasteiger partial charge in [0, 0.05) is 19.3 Å². The van der Waals surface area contributed by atoms with Gasteiger partial charge in [-0.05, 0) is 109 Å². The van der Waals surface area contributed by atoms with Crippen molar-refractivity contribution in [3.05, 3.63) is 42.5 Å². The van der Waals surface area contributed by atoms with E-state index in [4.69, 9.17) is 19.2 Å². The highest BCUT2D eigenvalue weighted by Gasteiger charge is 2.62. The molecule has 1 aromatic rings. The summed E-state index contributed by atoms with van der Waals surface area (Å²) in [6.07, 6.45) is 12.2. The molecule has 0 radical (unpaired) electrons. The van der Waals surface area contributed by atoms with Crippen LogP contribution in [0.4, 0.5) is 0 Å². The zero-order chi connectivity index (χ0) is 28.1. The van der Waals surface area contributed by atoms with E-state index < -0.39 is 5.79 Å². The van der Waals surface area contributed by atoms with Crippen LogP contribution in [-0.2, 0) is 24.0 Å². The molecule has 6 rings (SSSR count). The molecule has 40 heavy (non-hydrogen) atoms. The minimum atomic E-state index is -0.610. The van der Waals surface area contributed by atoms with E-state index in [1.165, 1.54) is 45.6 Å². The Kier molecular flexibility index (Phi) is 7.72. The maximum Gasteiger partial charge on any atom is 0.305 e. The molecule has 1 aliphatic heterocycles. The van der Waals surface area contributed by atoms with Crippen LogP contribution in [0.2, 0.25) is 0 Å². The Morgan fingerprint density at radius 3 is 2.52 bits per heavy atom. The summed E-state index contributed by atoms with van der Waals surface area (Å²) in [5, 5.41) is 0. The number of ether oxygens (including phenoxy) is 2. The van der Waals surface area contributed by atoms with Crippen LogP contribution in [0.3, 0.4) is 0 Å². The van der Waals surface area contributed by atoms with Crippen molar-refractivity contribution in [1.82, 2.24) is 0 Å². The number of rotatable bonds is 6. The van der Waals surface area contributed by atoms with Crippen LogP contribution in [0.25, 0.3) is 5.57 Å². The summed E-state index contributed by atoms with van der Waals surface area (Å²) in [5.41, 5.74) is 2.74. The van der Waals surface area contributed by atoms with E-state index in [0.29, 0.717) is 35.7 Å². The van der Waals surface area contributed by atoms with Gasteiger partial charge in [-0.25, -0.2) is 9.78 Å². The molecule has 0 amide bonds. The van der Waals surface area contributed by atoms with Crippen molar-refractivity contribution in [3.63, 3.8) is 0 Å². The number of carbonyl (C=O) groups excluding carboxylic acids is 1. The normalized spacial score (nSPS) is 43.3. The first-order valence-corrected chi connectivity index (χ1v) is 16.0. The lowest BCUT2D eigenvalue weighted by atomic mass is 9.44. The highest BCUT2D eigenvalue weighted by atomic mass is 17.2. The van der Waals surface area contributed by atoms with Gasteiger partial charge in [-0.15, -0.1) is 0 Å². The van der Waals surface area contributed by atoms with Gasteiger partial charge in [0.25, 0.3) is 0 Å². The molecule has 4 aliphatic carbocycles. The van der Waals surface area contributed by atoms with E-state index in [1.807, 2.05) is 18.2 Å². The number of benzene rings is 1. The maximum absolute atomic E-state index is 11.8. The van der Waals surface area contributed by atoms with Gasteiger partial charge in [-0.3, -0.25) is 4.79 Å². The molecule has 4 saturated carbocycles. The van der Waals surface area contributed by atoms with E-state index in [-0.39, 0.29) is 12.1 Å². The molecule has 1 heterocycles. The van der Waals surface area contributed by atoms with E-state index >= 15 is 0 Å². The van der Waals surface area contributed by atoms with Crippen molar-refractivity contribution in [3.8, 4) is 0 Å². The molecule has 5 nitrogen and oxygen atoms in total. The maximum atomic E-state index is 11.8. The Bertz CT molecular complexity index is 1080. The van der Waals surface area contributed by atoms with Crippen molar-refractivity contribution in [2.45, 2.75) is 103 Å². The molecular formula is C35H50O5. The average molecular weight is 551 g/mol. The molecular weight excluding hydrogens is 500 g/mol. The van der Waals surface area contributed by atoms with E-state index in [1.54, 1.807) is 0 Å². The molecule has 10 atom stereocenters. The first-order chi connectivity index (χ1) is 19.2. The molecule has 5 fully saturated rings. The first kappa shape index (κ1) is 28.4. The quantitative estimate of drug-likeness (QED) is 0.265. The average Bonchev–Trinajstić information content (AvgIpc) is 3.34. The summed E-state index contributed by atoms with van der Waals surface area (Å²) >= 11 is 0. The van der Waals surface area contributed by atoms with Crippen molar-refractivity contribution in [2.24, 2.45) is 46.3 Å². The fraction of sp³-hybridized carbons (Fsp3) is 0.743. The van der Waals surface area contributed by atoms with Gasteiger partial charge in [0.2, 0.25) is 5.79 Å². The van der Waals surface area contributed by atoms with Crippen LogP contribution < -0.4 is 0 Å². The monoisotopic (exact) mass is 550 g/mol. The lowest BCUT2D eigenvalue weighted by Gasteiger charge is -2.62. The van der Waals surface area contributed by atoms with Gasteiger partial charge in [-0.2, -0.15) is 0 Å². The number of esters is 1. The van der Waals surface area contributed by atoms with Crippen molar-refractivity contribution in [1.29, 1.82) is 0 Å². The Hall–Kier alpha value is -1.69. The van der Waals surface area contributed by atoms with Gasteiger partial charge in [-0.1, -0.05) is 57.7 Å². The fourth-order valence-electron chi connectivity index (χ4n) is 10.4. The lowest BCUT2D eigenvalue weighted by Crippen LogP contribution is -2.58. The molecule has 0 bridgehead atoms. The van der Waals surface area contributed by atoms with Gasteiger partial charge in [0.15, 0.2) is 0 Å². The molecule has 220 valence electrons. The predicted octanol–water partition coefficient (Wildman–Crippen LogP) is 7.99. The first-order valence-electron chi connectivity index (χ1n) is 16.0. The molecule has 1 saturated heterocycles. The Morgan fingerprint density at radius 2 is 1.80 bits per heavy atom. The molecule has 0 aromatic heterocycles. The van der Waals surface area contributed by atoms with Crippen molar-refractivity contribution in [2.75, 3.05) is 13.7 Å². The molecule has 1 aromatic carbocycles. The van der Waals surface area contributed by atoms with Crippen LogP contribution in [0, 0.1) is 46.3 Å².